The molecule has 1 saturated heterocycles. The molecule has 1 fully saturated rings. The van der Waals surface area contributed by atoms with E-state index in [0.717, 1.165) is 25.7 Å². The summed E-state index contributed by atoms with van der Waals surface area (Å²) < 4.78 is 38.0. The summed E-state index contributed by atoms with van der Waals surface area (Å²) in [4.78, 5) is 4.23. The van der Waals surface area contributed by atoms with Crippen molar-refractivity contribution < 1.29 is 13.2 Å². The monoisotopic (exact) mass is 258 g/mol. The molecule has 18 heavy (non-hydrogen) atoms. The Morgan fingerprint density at radius 1 is 1.22 bits per heavy atom. The zero-order chi connectivity index (χ0) is 13.3. The summed E-state index contributed by atoms with van der Waals surface area (Å²) in [5.74, 6) is 0. The van der Waals surface area contributed by atoms with Gasteiger partial charge >= 0.3 is 6.18 Å². The number of anilines is 1. The third-order valence-electron chi connectivity index (χ3n) is 3.34. The van der Waals surface area contributed by atoms with E-state index in [4.69, 9.17) is 0 Å². The van der Waals surface area contributed by atoms with Crippen molar-refractivity contribution in [1.29, 1.82) is 0 Å². The average molecular weight is 258 g/mol. The van der Waals surface area contributed by atoms with Crippen molar-refractivity contribution >= 4 is 5.69 Å². The Hall–Kier alpha value is -1.23. The molecule has 1 aromatic rings. The molecular formula is C13H17F3N2. The molecule has 0 radical (unpaired) electrons. The summed E-state index contributed by atoms with van der Waals surface area (Å²) in [5.41, 5.74) is 0.0801. The van der Waals surface area contributed by atoms with Crippen LogP contribution in [0.15, 0.2) is 24.3 Å². The van der Waals surface area contributed by atoms with E-state index in [1.165, 1.54) is 12.1 Å². The molecular weight excluding hydrogens is 241 g/mol. The van der Waals surface area contributed by atoms with Crippen LogP contribution in [-0.4, -0.2) is 37.6 Å². The molecule has 0 aromatic heterocycles. The number of halogens is 3. The number of nitrogens with zero attached hydrogens (tertiary/aromatic N) is 2. The first-order chi connectivity index (χ1) is 8.38. The normalized spacial score (nSPS) is 22.3. The topological polar surface area (TPSA) is 6.48 Å². The van der Waals surface area contributed by atoms with Crippen molar-refractivity contribution in [1.82, 2.24) is 4.90 Å². The Bertz CT molecular complexity index is 417. The minimum atomic E-state index is -4.27. The quantitative estimate of drug-likeness (QED) is 0.764. The second kappa shape index (κ2) is 4.80. The molecule has 1 heterocycles. The molecule has 1 aliphatic rings. The maximum absolute atomic E-state index is 12.7. The van der Waals surface area contributed by atoms with Crippen molar-refractivity contribution in [2.24, 2.45) is 0 Å². The lowest BCUT2D eigenvalue weighted by atomic mass is 10.1. The Labute approximate surface area is 105 Å². The van der Waals surface area contributed by atoms with E-state index in [1.54, 1.807) is 6.07 Å². The van der Waals surface area contributed by atoms with E-state index >= 15 is 0 Å². The first kappa shape index (κ1) is 13.2. The van der Waals surface area contributed by atoms with E-state index in [0.29, 0.717) is 5.69 Å². The summed E-state index contributed by atoms with van der Waals surface area (Å²) >= 11 is 0. The molecule has 0 spiro atoms. The molecule has 0 aliphatic carbocycles. The van der Waals surface area contributed by atoms with E-state index in [-0.39, 0.29) is 6.04 Å². The number of hydrogen-bond donors (Lipinski definition) is 0. The van der Waals surface area contributed by atoms with E-state index in [9.17, 15) is 13.2 Å². The largest absolute Gasteiger partial charge is 0.416 e. The first-order valence-electron chi connectivity index (χ1n) is 6.00. The average Bonchev–Trinajstić information content (AvgIpc) is 2.28. The summed E-state index contributed by atoms with van der Waals surface area (Å²) in [6, 6.07) is 5.80. The van der Waals surface area contributed by atoms with Gasteiger partial charge in [-0.15, -0.1) is 0 Å². The van der Waals surface area contributed by atoms with Crippen molar-refractivity contribution in [2.75, 3.05) is 31.6 Å². The zero-order valence-electron chi connectivity index (χ0n) is 10.5. The van der Waals surface area contributed by atoms with Gasteiger partial charge in [-0.05, 0) is 32.2 Å². The van der Waals surface area contributed by atoms with Crippen LogP contribution < -0.4 is 4.90 Å². The first-order valence-corrected chi connectivity index (χ1v) is 6.00. The third-order valence-corrected chi connectivity index (χ3v) is 3.34. The number of rotatable bonds is 1. The Morgan fingerprint density at radius 3 is 2.56 bits per heavy atom. The fraction of sp³-hybridized carbons (Fsp3) is 0.538. The number of alkyl halides is 3. The highest BCUT2D eigenvalue weighted by atomic mass is 19.4. The van der Waals surface area contributed by atoms with Crippen LogP contribution in [0.4, 0.5) is 18.9 Å². The van der Waals surface area contributed by atoms with Gasteiger partial charge in [0.15, 0.2) is 0 Å². The van der Waals surface area contributed by atoms with Crippen molar-refractivity contribution in [2.45, 2.75) is 19.1 Å². The molecule has 1 aromatic carbocycles. The molecule has 0 N–H and O–H groups in total. The number of hydrogen-bond acceptors (Lipinski definition) is 2. The van der Waals surface area contributed by atoms with E-state index < -0.39 is 11.7 Å². The number of piperazine rings is 1. The molecule has 0 bridgehead atoms. The SMILES string of the molecule is C[C@@H]1CN(C)CCN1c1cccc(C(F)(F)F)c1. The second-order valence-corrected chi connectivity index (χ2v) is 4.85. The Morgan fingerprint density at radius 2 is 1.94 bits per heavy atom. The fourth-order valence-electron chi connectivity index (χ4n) is 2.38. The van der Waals surface area contributed by atoms with Gasteiger partial charge in [0.25, 0.3) is 0 Å². The highest BCUT2D eigenvalue weighted by molar-refractivity contribution is 5.50. The Kier molecular flexibility index (Phi) is 3.52. The lowest BCUT2D eigenvalue weighted by Crippen LogP contribution is -2.50. The lowest BCUT2D eigenvalue weighted by molar-refractivity contribution is -0.137. The highest BCUT2D eigenvalue weighted by Gasteiger charge is 2.31. The summed E-state index contributed by atoms with van der Waals surface area (Å²) in [5, 5.41) is 0. The summed E-state index contributed by atoms with van der Waals surface area (Å²) in [6.07, 6.45) is -4.27. The molecule has 0 unspecified atom stereocenters. The van der Waals surface area contributed by atoms with Gasteiger partial charge < -0.3 is 9.80 Å². The molecule has 1 aliphatic heterocycles. The molecule has 2 rings (SSSR count). The predicted molar refractivity (Wildman–Crippen MR) is 65.7 cm³/mol. The van der Waals surface area contributed by atoms with Gasteiger partial charge in [-0.25, -0.2) is 0 Å². The molecule has 1 atom stereocenters. The van der Waals surface area contributed by atoms with Gasteiger partial charge in [-0.2, -0.15) is 13.2 Å². The molecule has 5 heteroatoms. The van der Waals surface area contributed by atoms with Gasteiger partial charge in [0, 0.05) is 31.4 Å². The molecule has 0 amide bonds. The van der Waals surface area contributed by atoms with Gasteiger partial charge in [-0.3, -0.25) is 0 Å². The van der Waals surface area contributed by atoms with Crippen LogP contribution in [-0.2, 0) is 6.18 Å². The Balaban J connectivity index is 2.23. The summed E-state index contributed by atoms with van der Waals surface area (Å²) in [7, 11) is 2.03. The number of likely N-dealkylation sites (N-methyl/N-ethyl adjacent to an activating group) is 1. The maximum atomic E-state index is 12.7. The van der Waals surface area contributed by atoms with Gasteiger partial charge in [0.05, 0.1) is 5.56 Å². The smallest absolute Gasteiger partial charge is 0.366 e. The second-order valence-electron chi connectivity index (χ2n) is 4.85. The van der Waals surface area contributed by atoms with Crippen LogP contribution in [0.3, 0.4) is 0 Å². The zero-order valence-corrected chi connectivity index (χ0v) is 10.5. The fourth-order valence-corrected chi connectivity index (χ4v) is 2.38. The van der Waals surface area contributed by atoms with E-state index in [1.807, 2.05) is 18.9 Å². The van der Waals surface area contributed by atoms with Crippen LogP contribution >= 0.6 is 0 Å². The molecule has 100 valence electrons. The number of benzene rings is 1. The van der Waals surface area contributed by atoms with Crippen LogP contribution in [0.2, 0.25) is 0 Å². The van der Waals surface area contributed by atoms with Crippen molar-refractivity contribution in [3.63, 3.8) is 0 Å². The minimum absolute atomic E-state index is 0.229. The lowest BCUT2D eigenvalue weighted by Gasteiger charge is -2.40. The van der Waals surface area contributed by atoms with Gasteiger partial charge in [0.1, 0.15) is 0 Å². The van der Waals surface area contributed by atoms with Crippen molar-refractivity contribution in [3.8, 4) is 0 Å². The van der Waals surface area contributed by atoms with Crippen LogP contribution in [0.1, 0.15) is 12.5 Å². The van der Waals surface area contributed by atoms with Crippen LogP contribution in [0.25, 0.3) is 0 Å². The van der Waals surface area contributed by atoms with Gasteiger partial charge in [0.2, 0.25) is 0 Å². The predicted octanol–water partition coefficient (Wildman–Crippen LogP) is 2.85. The van der Waals surface area contributed by atoms with Crippen molar-refractivity contribution in [3.05, 3.63) is 29.8 Å². The summed E-state index contributed by atoms with van der Waals surface area (Å²) in [6.45, 7) is 4.55. The van der Waals surface area contributed by atoms with Crippen LogP contribution in [0.5, 0.6) is 0 Å². The molecule has 0 saturated carbocycles. The van der Waals surface area contributed by atoms with Gasteiger partial charge in [-0.1, -0.05) is 6.07 Å². The highest BCUT2D eigenvalue weighted by Crippen LogP contribution is 2.32. The van der Waals surface area contributed by atoms with Crippen LogP contribution in [0, 0.1) is 0 Å². The molecule has 2 nitrogen and oxygen atoms in total. The maximum Gasteiger partial charge on any atom is 0.416 e. The minimum Gasteiger partial charge on any atom is -0.366 e. The third kappa shape index (κ3) is 2.77. The van der Waals surface area contributed by atoms with E-state index in [2.05, 4.69) is 4.90 Å². The standard InChI is InChI=1S/C13H17F3N2/c1-10-9-17(2)6-7-18(10)12-5-3-4-11(8-12)13(14,15)16/h3-5,8,10H,6-7,9H2,1-2H3/t10-/m1/s1.